The van der Waals surface area contributed by atoms with Crippen molar-refractivity contribution in [1.82, 2.24) is 5.32 Å². The van der Waals surface area contributed by atoms with Gasteiger partial charge < -0.3 is 19.2 Å². The molecule has 1 aromatic heterocycles. The Morgan fingerprint density at radius 2 is 1.96 bits per heavy atom. The molecular weight excluding hydrogens is 318 g/mol. The lowest BCUT2D eigenvalue weighted by atomic mass is 10.1. The summed E-state index contributed by atoms with van der Waals surface area (Å²) in [5.74, 6) is 2.26. The fourth-order valence-corrected chi connectivity index (χ4v) is 3.14. The van der Waals surface area contributed by atoms with Crippen LogP contribution in [0.1, 0.15) is 60.5 Å². The van der Waals surface area contributed by atoms with Gasteiger partial charge in [-0.05, 0) is 69.4 Å². The Hall–Kier alpha value is -2.43. The third-order valence-corrected chi connectivity index (χ3v) is 4.60. The molecule has 0 bridgehead atoms. The molecule has 1 unspecified atom stereocenters. The van der Waals surface area contributed by atoms with Gasteiger partial charge in [0, 0.05) is 0 Å². The van der Waals surface area contributed by atoms with E-state index in [1.54, 1.807) is 19.2 Å². The molecule has 2 aromatic rings. The number of benzene rings is 1. The Bertz CT molecular complexity index is 731. The average molecular weight is 343 g/mol. The third kappa shape index (κ3) is 4.16. The molecule has 1 heterocycles. The van der Waals surface area contributed by atoms with Crippen LogP contribution in [-0.4, -0.2) is 19.1 Å². The molecule has 5 nitrogen and oxygen atoms in total. The Morgan fingerprint density at radius 1 is 1.20 bits per heavy atom. The first-order valence-electron chi connectivity index (χ1n) is 8.78. The minimum atomic E-state index is -0.231. The predicted octanol–water partition coefficient (Wildman–Crippen LogP) is 4.41. The lowest BCUT2D eigenvalue weighted by molar-refractivity contribution is 0.0910. The molecule has 5 heteroatoms. The topological polar surface area (TPSA) is 60.7 Å². The quantitative estimate of drug-likeness (QED) is 0.844. The first-order valence-corrected chi connectivity index (χ1v) is 8.78. The highest BCUT2D eigenvalue weighted by Crippen LogP contribution is 2.33. The number of nitrogens with one attached hydrogen (secondary N) is 1. The van der Waals surface area contributed by atoms with E-state index in [0.29, 0.717) is 17.3 Å². The van der Waals surface area contributed by atoms with Gasteiger partial charge in [-0.15, -0.1) is 0 Å². The molecule has 1 aliphatic carbocycles. The van der Waals surface area contributed by atoms with Crippen LogP contribution in [-0.2, 0) is 0 Å². The van der Waals surface area contributed by atoms with Gasteiger partial charge in [-0.1, -0.05) is 6.07 Å². The van der Waals surface area contributed by atoms with Gasteiger partial charge in [-0.3, -0.25) is 4.79 Å². The second-order valence-corrected chi connectivity index (χ2v) is 6.54. The molecule has 1 fully saturated rings. The number of rotatable bonds is 6. The van der Waals surface area contributed by atoms with E-state index in [-0.39, 0.29) is 18.1 Å². The van der Waals surface area contributed by atoms with Crippen LogP contribution >= 0.6 is 0 Å². The van der Waals surface area contributed by atoms with Gasteiger partial charge in [-0.25, -0.2) is 0 Å². The molecule has 25 heavy (non-hydrogen) atoms. The number of ether oxygens (including phenoxy) is 2. The number of furan rings is 1. The lowest BCUT2D eigenvalue weighted by Gasteiger charge is -2.19. The Labute approximate surface area is 148 Å². The first kappa shape index (κ1) is 17.4. The van der Waals surface area contributed by atoms with Gasteiger partial charge in [0.2, 0.25) is 0 Å². The molecular formula is C20H25NO4. The summed E-state index contributed by atoms with van der Waals surface area (Å²) < 4.78 is 16.9. The number of carbonyl (C=O) groups is 1. The summed E-state index contributed by atoms with van der Waals surface area (Å²) in [4.78, 5) is 12.2. The molecule has 134 valence electrons. The van der Waals surface area contributed by atoms with E-state index in [4.69, 9.17) is 13.9 Å². The normalized spacial score (nSPS) is 15.8. The summed E-state index contributed by atoms with van der Waals surface area (Å²) in [5, 5.41) is 2.94. The number of aryl methyl sites for hydroxylation is 1. The molecule has 1 aromatic carbocycles. The molecule has 3 rings (SSSR count). The zero-order chi connectivity index (χ0) is 17.8. The highest BCUT2D eigenvalue weighted by molar-refractivity contribution is 5.91. The van der Waals surface area contributed by atoms with Crippen molar-refractivity contribution in [2.45, 2.75) is 51.7 Å². The van der Waals surface area contributed by atoms with Crippen LogP contribution in [0.5, 0.6) is 11.5 Å². The van der Waals surface area contributed by atoms with Gasteiger partial charge in [0.25, 0.3) is 5.91 Å². The zero-order valence-corrected chi connectivity index (χ0v) is 15.0. The van der Waals surface area contributed by atoms with Crippen molar-refractivity contribution in [3.63, 3.8) is 0 Å². The van der Waals surface area contributed by atoms with Crippen LogP contribution in [0.3, 0.4) is 0 Å². The molecule has 0 radical (unpaired) electrons. The van der Waals surface area contributed by atoms with Crippen LogP contribution < -0.4 is 14.8 Å². The third-order valence-electron chi connectivity index (χ3n) is 4.60. The summed E-state index contributed by atoms with van der Waals surface area (Å²) in [5.41, 5.74) is 0.951. The fraction of sp³-hybridized carbons (Fsp3) is 0.450. The van der Waals surface area contributed by atoms with E-state index in [2.05, 4.69) is 5.32 Å². The van der Waals surface area contributed by atoms with Gasteiger partial charge in [0.1, 0.15) is 5.76 Å². The molecule has 1 saturated carbocycles. The number of hydrogen-bond donors (Lipinski definition) is 1. The van der Waals surface area contributed by atoms with E-state index in [1.165, 1.54) is 12.8 Å². The van der Waals surface area contributed by atoms with Gasteiger partial charge in [-0.2, -0.15) is 0 Å². The fourth-order valence-electron chi connectivity index (χ4n) is 3.14. The minimum absolute atomic E-state index is 0.174. The largest absolute Gasteiger partial charge is 0.493 e. The summed E-state index contributed by atoms with van der Waals surface area (Å²) in [6.45, 7) is 3.74. The number of amides is 1. The van der Waals surface area contributed by atoms with Gasteiger partial charge in [0.15, 0.2) is 17.3 Å². The van der Waals surface area contributed by atoms with Crippen molar-refractivity contribution in [1.29, 1.82) is 0 Å². The summed E-state index contributed by atoms with van der Waals surface area (Å²) >= 11 is 0. The molecule has 1 amide bonds. The summed E-state index contributed by atoms with van der Waals surface area (Å²) in [6, 6.07) is 9.08. The molecule has 1 aliphatic rings. The molecule has 1 N–H and O–H groups in total. The van der Waals surface area contributed by atoms with Crippen LogP contribution in [0.15, 0.2) is 34.7 Å². The Morgan fingerprint density at radius 3 is 2.60 bits per heavy atom. The van der Waals surface area contributed by atoms with Crippen molar-refractivity contribution in [2.24, 2.45) is 0 Å². The number of methoxy groups -OCH3 is 1. The molecule has 0 aliphatic heterocycles. The summed E-state index contributed by atoms with van der Waals surface area (Å²) in [6.07, 6.45) is 4.92. The van der Waals surface area contributed by atoms with Crippen molar-refractivity contribution < 1.29 is 18.7 Å². The maximum Gasteiger partial charge on any atom is 0.287 e. The minimum Gasteiger partial charge on any atom is -0.493 e. The van der Waals surface area contributed by atoms with Crippen molar-refractivity contribution in [3.8, 4) is 11.5 Å². The van der Waals surface area contributed by atoms with Crippen molar-refractivity contribution in [2.75, 3.05) is 7.11 Å². The molecule has 1 atom stereocenters. The maximum atomic E-state index is 12.2. The average Bonchev–Trinajstić information content (AvgIpc) is 3.26. The second-order valence-electron chi connectivity index (χ2n) is 6.54. The molecule has 0 spiro atoms. The predicted molar refractivity (Wildman–Crippen MR) is 95.2 cm³/mol. The second kappa shape index (κ2) is 7.64. The van der Waals surface area contributed by atoms with E-state index in [9.17, 15) is 4.79 Å². The monoisotopic (exact) mass is 343 g/mol. The van der Waals surface area contributed by atoms with Crippen molar-refractivity contribution in [3.05, 3.63) is 47.4 Å². The Kier molecular flexibility index (Phi) is 5.31. The van der Waals surface area contributed by atoms with E-state index < -0.39 is 0 Å². The van der Waals surface area contributed by atoms with E-state index in [1.807, 2.05) is 32.0 Å². The first-order chi connectivity index (χ1) is 12.1. The van der Waals surface area contributed by atoms with Gasteiger partial charge in [0.05, 0.1) is 19.3 Å². The van der Waals surface area contributed by atoms with Crippen LogP contribution in [0.25, 0.3) is 0 Å². The SMILES string of the molecule is COc1cc(C(C)NC(=O)c2ccc(C)o2)ccc1OC1CCCC1. The van der Waals surface area contributed by atoms with Crippen LogP contribution in [0.4, 0.5) is 0 Å². The highest BCUT2D eigenvalue weighted by atomic mass is 16.5. The molecule has 0 saturated heterocycles. The lowest BCUT2D eigenvalue weighted by Crippen LogP contribution is -2.26. The van der Waals surface area contributed by atoms with Crippen LogP contribution in [0.2, 0.25) is 0 Å². The van der Waals surface area contributed by atoms with E-state index in [0.717, 1.165) is 24.2 Å². The van der Waals surface area contributed by atoms with Gasteiger partial charge >= 0.3 is 0 Å². The van der Waals surface area contributed by atoms with Crippen molar-refractivity contribution >= 4 is 5.91 Å². The summed E-state index contributed by atoms with van der Waals surface area (Å²) in [7, 11) is 1.63. The number of carbonyl (C=O) groups excluding carboxylic acids is 1. The highest BCUT2D eigenvalue weighted by Gasteiger charge is 2.20. The van der Waals surface area contributed by atoms with E-state index >= 15 is 0 Å². The zero-order valence-electron chi connectivity index (χ0n) is 15.0. The maximum absolute atomic E-state index is 12.2. The number of hydrogen-bond acceptors (Lipinski definition) is 4. The Balaban J connectivity index is 1.69. The smallest absolute Gasteiger partial charge is 0.287 e. The standard InChI is InChI=1S/C20H25NO4/c1-13-8-10-18(24-13)20(22)21-14(2)15-9-11-17(19(12-15)23-3)25-16-6-4-5-7-16/h8-12,14,16H,4-7H2,1-3H3,(H,21,22). The van der Waals surface area contributed by atoms with Crippen LogP contribution in [0, 0.1) is 6.92 Å².